The van der Waals surface area contributed by atoms with Crippen molar-refractivity contribution in [3.8, 4) is 0 Å². The molecule has 0 spiro atoms. The van der Waals surface area contributed by atoms with Gasteiger partial charge in [0, 0.05) is 6.42 Å². The van der Waals surface area contributed by atoms with Crippen molar-refractivity contribution in [3.05, 3.63) is 35.9 Å². The van der Waals surface area contributed by atoms with Crippen molar-refractivity contribution in [2.24, 2.45) is 0 Å². The molecule has 13 heavy (non-hydrogen) atoms. The summed E-state index contributed by atoms with van der Waals surface area (Å²) in [5.41, 5.74) is 0.560. The molecule has 1 nitrogen and oxygen atoms in total. The monoisotopic (exact) mass is 184 g/mol. The van der Waals surface area contributed by atoms with Crippen molar-refractivity contribution in [3.63, 3.8) is 0 Å². The summed E-state index contributed by atoms with van der Waals surface area (Å²) < 4.78 is 31.3. The Morgan fingerprint density at radius 2 is 1.92 bits per heavy atom. The van der Waals surface area contributed by atoms with Crippen LogP contribution in [0.3, 0.4) is 0 Å². The molecule has 0 amide bonds. The van der Waals surface area contributed by atoms with Gasteiger partial charge in [0.1, 0.15) is 6.10 Å². The highest BCUT2D eigenvalue weighted by molar-refractivity contribution is 5.20. The number of benzene rings is 1. The molecule has 1 aliphatic heterocycles. The number of alkyl halides is 2. The van der Waals surface area contributed by atoms with E-state index in [0.717, 1.165) is 0 Å². The lowest BCUT2D eigenvalue weighted by Gasteiger charge is -2.17. The van der Waals surface area contributed by atoms with E-state index in [2.05, 4.69) is 0 Å². The molecule has 3 heteroatoms. The first kappa shape index (κ1) is 8.63. The highest BCUT2D eigenvalue weighted by atomic mass is 19.3. The van der Waals surface area contributed by atoms with E-state index in [1.165, 1.54) is 0 Å². The fourth-order valence-corrected chi connectivity index (χ4v) is 1.53. The molecule has 1 unspecified atom stereocenters. The van der Waals surface area contributed by atoms with Crippen LogP contribution in [0.25, 0.3) is 0 Å². The number of hydrogen-bond donors (Lipinski definition) is 0. The molecule has 1 aromatic rings. The number of rotatable bonds is 1. The Morgan fingerprint density at radius 1 is 1.23 bits per heavy atom. The van der Waals surface area contributed by atoms with E-state index in [9.17, 15) is 8.78 Å². The summed E-state index contributed by atoms with van der Waals surface area (Å²) in [4.78, 5) is 0. The fourth-order valence-electron chi connectivity index (χ4n) is 1.53. The van der Waals surface area contributed by atoms with Crippen LogP contribution in [0, 0.1) is 0 Å². The van der Waals surface area contributed by atoms with Crippen LogP contribution in [0.15, 0.2) is 30.3 Å². The molecule has 1 heterocycles. The average molecular weight is 184 g/mol. The lowest BCUT2D eigenvalue weighted by atomic mass is 10.0. The molecule has 2 rings (SSSR count). The molecule has 70 valence electrons. The van der Waals surface area contributed by atoms with E-state index >= 15 is 0 Å². The van der Waals surface area contributed by atoms with Crippen LogP contribution in [-0.2, 0) is 4.74 Å². The summed E-state index contributed by atoms with van der Waals surface area (Å²) in [6.45, 7) is 0.145. The minimum absolute atomic E-state index is 0.145. The van der Waals surface area contributed by atoms with Crippen molar-refractivity contribution in [1.29, 1.82) is 0 Å². The molecule has 0 N–H and O–H groups in total. The standard InChI is InChI=1S/C10H10F2O/c11-10(12)6-7-13-9(10)8-4-2-1-3-5-8/h1-5,9H,6-7H2. The van der Waals surface area contributed by atoms with Gasteiger partial charge in [0.25, 0.3) is 5.92 Å². The zero-order chi connectivity index (χ0) is 9.31. The highest BCUT2D eigenvalue weighted by Crippen LogP contribution is 2.41. The Balaban J connectivity index is 2.27. The normalized spacial score (nSPS) is 26.2. The van der Waals surface area contributed by atoms with E-state index in [1.54, 1.807) is 30.3 Å². The summed E-state index contributed by atoms with van der Waals surface area (Å²) in [5, 5.41) is 0. The maximum absolute atomic E-state index is 13.2. The van der Waals surface area contributed by atoms with Gasteiger partial charge >= 0.3 is 0 Å². The third-order valence-electron chi connectivity index (χ3n) is 2.21. The van der Waals surface area contributed by atoms with E-state index in [0.29, 0.717) is 5.56 Å². The van der Waals surface area contributed by atoms with Crippen molar-refractivity contribution >= 4 is 0 Å². The minimum atomic E-state index is -2.71. The zero-order valence-corrected chi connectivity index (χ0v) is 7.04. The summed E-state index contributed by atoms with van der Waals surface area (Å²) in [6, 6.07) is 8.63. The van der Waals surface area contributed by atoms with Gasteiger partial charge in [-0.25, -0.2) is 8.78 Å². The van der Waals surface area contributed by atoms with E-state index < -0.39 is 12.0 Å². The fraction of sp³-hybridized carbons (Fsp3) is 0.400. The van der Waals surface area contributed by atoms with Crippen LogP contribution in [0.4, 0.5) is 8.78 Å². The van der Waals surface area contributed by atoms with Gasteiger partial charge in [-0.2, -0.15) is 0 Å². The summed E-state index contributed by atoms with van der Waals surface area (Å²) >= 11 is 0. The third kappa shape index (κ3) is 1.56. The second-order valence-corrected chi connectivity index (χ2v) is 3.17. The topological polar surface area (TPSA) is 9.23 Å². The van der Waals surface area contributed by atoms with Crippen LogP contribution in [0.1, 0.15) is 18.1 Å². The Morgan fingerprint density at radius 3 is 2.46 bits per heavy atom. The maximum Gasteiger partial charge on any atom is 0.280 e. The predicted molar refractivity (Wildman–Crippen MR) is 44.7 cm³/mol. The summed E-state index contributed by atoms with van der Waals surface area (Å²) in [7, 11) is 0. The van der Waals surface area contributed by atoms with Crippen molar-refractivity contribution in [2.75, 3.05) is 6.61 Å². The van der Waals surface area contributed by atoms with Gasteiger partial charge in [0.05, 0.1) is 6.61 Å². The van der Waals surface area contributed by atoms with Gasteiger partial charge in [0.2, 0.25) is 0 Å². The molecule has 1 aromatic carbocycles. The number of halogens is 2. The molecule has 1 saturated heterocycles. The van der Waals surface area contributed by atoms with Gasteiger partial charge in [0.15, 0.2) is 0 Å². The van der Waals surface area contributed by atoms with Crippen molar-refractivity contribution < 1.29 is 13.5 Å². The van der Waals surface area contributed by atoms with Crippen LogP contribution < -0.4 is 0 Å². The summed E-state index contributed by atoms with van der Waals surface area (Å²) in [6.07, 6.45) is -1.22. The molecule has 0 aromatic heterocycles. The van der Waals surface area contributed by atoms with E-state index in [1.807, 2.05) is 0 Å². The van der Waals surface area contributed by atoms with Crippen LogP contribution >= 0.6 is 0 Å². The van der Waals surface area contributed by atoms with E-state index in [4.69, 9.17) is 4.74 Å². The largest absolute Gasteiger partial charge is 0.367 e. The number of ether oxygens (including phenoxy) is 1. The van der Waals surface area contributed by atoms with Crippen LogP contribution in [0.5, 0.6) is 0 Å². The second-order valence-electron chi connectivity index (χ2n) is 3.17. The highest BCUT2D eigenvalue weighted by Gasteiger charge is 2.45. The molecular weight excluding hydrogens is 174 g/mol. The molecule has 0 bridgehead atoms. The second kappa shape index (κ2) is 3.07. The number of hydrogen-bond acceptors (Lipinski definition) is 1. The Kier molecular flexibility index (Phi) is 2.04. The van der Waals surface area contributed by atoms with Gasteiger partial charge < -0.3 is 4.74 Å². The van der Waals surface area contributed by atoms with Crippen molar-refractivity contribution in [2.45, 2.75) is 18.4 Å². The molecule has 1 aliphatic rings. The Labute approximate surface area is 75.3 Å². The maximum atomic E-state index is 13.2. The van der Waals surface area contributed by atoms with Crippen LogP contribution in [-0.4, -0.2) is 12.5 Å². The lowest BCUT2D eigenvalue weighted by Crippen LogP contribution is -2.20. The quantitative estimate of drug-likeness (QED) is 0.652. The van der Waals surface area contributed by atoms with Crippen molar-refractivity contribution in [1.82, 2.24) is 0 Å². The minimum Gasteiger partial charge on any atom is -0.367 e. The van der Waals surface area contributed by atoms with E-state index in [-0.39, 0.29) is 13.0 Å². The van der Waals surface area contributed by atoms with Gasteiger partial charge in [-0.3, -0.25) is 0 Å². The first-order valence-electron chi connectivity index (χ1n) is 4.24. The molecule has 0 saturated carbocycles. The third-order valence-corrected chi connectivity index (χ3v) is 2.21. The van der Waals surface area contributed by atoms with Crippen LogP contribution in [0.2, 0.25) is 0 Å². The smallest absolute Gasteiger partial charge is 0.280 e. The Bertz CT molecular complexity index is 284. The van der Waals surface area contributed by atoms with Gasteiger partial charge in [-0.15, -0.1) is 0 Å². The molecule has 0 radical (unpaired) electrons. The first-order valence-corrected chi connectivity index (χ1v) is 4.24. The predicted octanol–water partition coefficient (Wildman–Crippen LogP) is 2.78. The van der Waals surface area contributed by atoms with Gasteiger partial charge in [-0.1, -0.05) is 30.3 Å². The molecule has 1 fully saturated rings. The average Bonchev–Trinajstić information content (AvgIpc) is 2.47. The Hall–Kier alpha value is -0.960. The zero-order valence-electron chi connectivity index (χ0n) is 7.04. The lowest BCUT2D eigenvalue weighted by molar-refractivity contribution is -0.0698. The first-order chi connectivity index (χ1) is 6.20. The molecule has 0 aliphatic carbocycles. The summed E-state index contributed by atoms with van der Waals surface area (Å²) in [5.74, 6) is -2.71. The SMILES string of the molecule is FC1(F)CCOC1c1ccccc1. The molecular formula is C10H10F2O. The van der Waals surface area contributed by atoms with Gasteiger partial charge in [-0.05, 0) is 5.56 Å². The molecule has 1 atom stereocenters.